The van der Waals surface area contributed by atoms with E-state index in [1.807, 2.05) is 0 Å². The summed E-state index contributed by atoms with van der Waals surface area (Å²) in [5, 5.41) is 3.77. The van der Waals surface area contributed by atoms with Crippen LogP contribution in [0.1, 0.15) is 47.9 Å². The summed E-state index contributed by atoms with van der Waals surface area (Å²) >= 11 is 0. The first-order valence-electron chi connectivity index (χ1n) is 7.73. The standard InChI is InChI=1S/C15H16F6N2O2/c1-3-25-11(24)10-9(14(16,17)18)8(2)22-23(10)7-12-4-13(5-12,6-12)15(19,20)21/h3-7H2,1-2H3. The molecule has 0 aromatic carbocycles. The molecule has 3 saturated carbocycles. The summed E-state index contributed by atoms with van der Waals surface area (Å²) < 4.78 is 84.1. The molecule has 0 spiro atoms. The van der Waals surface area contributed by atoms with Crippen molar-refractivity contribution in [3.05, 3.63) is 17.0 Å². The van der Waals surface area contributed by atoms with Crippen molar-refractivity contribution >= 4 is 5.97 Å². The number of carbonyl (C=O) groups excluding carboxylic acids is 1. The fourth-order valence-corrected chi connectivity index (χ4v) is 4.23. The first-order valence-corrected chi connectivity index (χ1v) is 7.73. The molecule has 1 aromatic heterocycles. The number of aromatic nitrogens is 2. The van der Waals surface area contributed by atoms with Crippen LogP contribution in [0.2, 0.25) is 0 Å². The molecule has 4 nitrogen and oxygen atoms in total. The van der Waals surface area contributed by atoms with Gasteiger partial charge in [-0.15, -0.1) is 0 Å². The van der Waals surface area contributed by atoms with Crippen LogP contribution < -0.4 is 0 Å². The van der Waals surface area contributed by atoms with Crippen molar-refractivity contribution in [3.8, 4) is 0 Å². The highest BCUT2D eigenvalue weighted by Gasteiger charge is 2.78. The summed E-state index contributed by atoms with van der Waals surface area (Å²) in [6, 6.07) is 0. The number of aryl methyl sites for hydroxylation is 1. The van der Waals surface area contributed by atoms with Gasteiger partial charge in [0.05, 0.1) is 17.7 Å². The lowest BCUT2D eigenvalue weighted by atomic mass is 9.35. The molecule has 0 saturated heterocycles. The van der Waals surface area contributed by atoms with Gasteiger partial charge in [-0.25, -0.2) is 4.79 Å². The third-order valence-corrected chi connectivity index (χ3v) is 5.11. The number of nitrogens with zero attached hydrogens (tertiary/aromatic N) is 2. The first kappa shape index (κ1) is 18.1. The van der Waals surface area contributed by atoms with Gasteiger partial charge in [-0.3, -0.25) is 4.68 Å². The van der Waals surface area contributed by atoms with Gasteiger partial charge in [0.15, 0.2) is 5.69 Å². The van der Waals surface area contributed by atoms with E-state index in [1.54, 1.807) is 0 Å². The zero-order valence-electron chi connectivity index (χ0n) is 13.5. The minimum atomic E-state index is -4.81. The molecular weight excluding hydrogens is 354 g/mol. The van der Waals surface area contributed by atoms with Crippen LogP contribution in [0, 0.1) is 17.8 Å². The van der Waals surface area contributed by atoms with Crippen molar-refractivity contribution in [3.63, 3.8) is 0 Å². The summed E-state index contributed by atoms with van der Waals surface area (Å²) in [6.45, 7) is 2.28. The van der Waals surface area contributed by atoms with Crippen molar-refractivity contribution in [2.45, 2.75) is 52.0 Å². The van der Waals surface area contributed by atoms with Gasteiger partial charge >= 0.3 is 18.3 Å². The van der Waals surface area contributed by atoms with E-state index in [0.717, 1.165) is 11.6 Å². The molecule has 1 heterocycles. The number of hydrogen-bond acceptors (Lipinski definition) is 3. The van der Waals surface area contributed by atoms with Gasteiger partial charge in [-0.2, -0.15) is 31.4 Å². The summed E-state index contributed by atoms with van der Waals surface area (Å²) in [5.74, 6) is -1.17. The maximum Gasteiger partial charge on any atom is 0.420 e. The normalized spacial score (nSPS) is 28.3. The maximum absolute atomic E-state index is 13.3. The monoisotopic (exact) mass is 370 g/mol. The van der Waals surface area contributed by atoms with E-state index in [0.29, 0.717) is 0 Å². The Morgan fingerprint density at radius 3 is 2.20 bits per heavy atom. The Balaban J connectivity index is 1.90. The molecule has 0 aliphatic heterocycles. The highest BCUT2D eigenvalue weighted by atomic mass is 19.4. The van der Waals surface area contributed by atoms with E-state index in [2.05, 4.69) is 5.10 Å². The van der Waals surface area contributed by atoms with E-state index < -0.39 is 46.1 Å². The molecule has 0 atom stereocenters. The van der Waals surface area contributed by atoms with Gasteiger partial charge in [-0.05, 0) is 38.5 Å². The molecule has 2 bridgehead atoms. The fraction of sp³-hybridized carbons (Fsp3) is 0.733. The first-order chi connectivity index (χ1) is 11.3. The Labute approximate surface area is 139 Å². The SMILES string of the molecule is CCOC(=O)c1c(C(F)(F)F)c(C)nn1CC12CC(C(F)(F)F)(C1)C2. The van der Waals surface area contributed by atoms with Crippen LogP contribution in [-0.2, 0) is 17.5 Å². The molecule has 3 aliphatic carbocycles. The second kappa shape index (κ2) is 5.14. The smallest absolute Gasteiger partial charge is 0.420 e. The second-order valence-electron chi connectivity index (χ2n) is 6.99. The number of hydrogen-bond donors (Lipinski definition) is 0. The Hall–Kier alpha value is -1.74. The third-order valence-electron chi connectivity index (χ3n) is 5.11. The molecule has 3 aliphatic rings. The van der Waals surface area contributed by atoms with Crippen LogP contribution in [0.5, 0.6) is 0 Å². The minimum Gasteiger partial charge on any atom is -0.461 e. The molecule has 0 radical (unpaired) electrons. The predicted octanol–water partition coefficient (Wildman–Crippen LogP) is 4.12. The topological polar surface area (TPSA) is 44.1 Å². The average molecular weight is 370 g/mol. The van der Waals surface area contributed by atoms with Crippen molar-refractivity contribution in [2.24, 2.45) is 10.8 Å². The molecule has 0 unspecified atom stereocenters. The van der Waals surface area contributed by atoms with Crippen molar-refractivity contribution in [2.75, 3.05) is 6.61 Å². The zero-order valence-corrected chi connectivity index (χ0v) is 13.5. The summed E-state index contributed by atoms with van der Waals surface area (Å²) in [4.78, 5) is 12.0. The van der Waals surface area contributed by atoms with Gasteiger partial charge in [0.25, 0.3) is 0 Å². The Kier molecular flexibility index (Phi) is 3.71. The van der Waals surface area contributed by atoms with Gasteiger partial charge in [-0.1, -0.05) is 0 Å². The fourth-order valence-electron chi connectivity index (χ4n) is 4.23. The van der Waals surface area contributed by atoms with Crippen LogP contribution >= 0.6 is 0 Å². The van der Waals surface area contributed by atoms with Gasteiger partial charge in [0.2, 0.25) is 0 Å². The Bertz CT molecular complexity index is 699. The van der Waals surface area contributed by atoms with Crippen LogP contribution in [-0.4, -0.2) is 28.5 Å². The number of halogens is 6. The summed E-state index contributed by atoms with van der Waals surface area (Å²) in [6.07, 6.45) is -9.56. The van der Waals surface area contributed by atoms with Gasteiger partial charge in [0.1, 0.15) is 5.56 Å². The number of carbonyl (C=O) groups is 1. The quantitative estimate of drug-likeness (QED) is 0.592. The molecule has 10 heteroatoms. The molecular formula is C15H16F6N2O2. The lowest BCUT2D eigenvalue weighted by molar-refractivity contribution is -0.366. The highest BCUT2D eigenvalue weighted by Crippen LogP contribution is 2.78. The Morgan fingerprint density at radius 2 is 1.76 bits per heavy atom. The lowest BCUT2D eigenvalue weighted by Gasteiger charge is -2.70. The van der Waals surface area contributed by atoms with E-state index in [4.69, 9.17) is 4.74 Å². The summed E-state index contributed by atoms with van der Waals surface area (Å²) in [5.41, 5.74) is -4.79. The second-order valence-corrected chi connectivity index (χ2v) is 6.99. The largest absolute Gasteiger partial charge is 0.461 e. The van der Waals surface area contributed by atoms with Crippen molar-refractivity contribution in [1.29, 1.82) is 0 Å². The summed E-state index contributed by atoms with van der Waals surface area (Å²) in [7, 11) is 0. The zero-order chi connectivity index (χ0) is 18.8. The number of rotatable bonds is 4. The molecule has 4 rings (SSSR count). The molecule has 0 N–H and O–H groups in total. The van der Waals surface area contributed by atoms with Crippen molar-refractivity contribution < 1.29 is 35.9 Å². The molecule has 3 fully saturated rings. The van der Waals surface area contributed by atoms with E-state index in [9.17, 15) is 31.1 Å². The van der Waals surface area contributed by atoms with Crippen molar-refractivity contribution in [1.82, 2.24) is 9.78 Å². The minimum absolute atomic E-state index is 0.122. The van der Waals surface area contributed by atoms with Crippen LogP contribution in [0.3, 0.4) is 0 Å². The van der Waals surface area contributed by atoms with Crippen LogP contribution in [0.25, 0.3) is 0 Å². The third kappa shape index (κ3) is 2.60. The molecule has 0 amide bonds. The predicted molar refractivity (Wildman–Crippen MR) is 72.7 cm³/mol. The van der Waals surface area contributed by atoms with E-state index >= 15 is 0 Å². The average Bonchev–Trinajstić information content (AvgIpc) is 2.67. The van der Waals surface area contributed by atoms with Crippen LogP contribution in [0.4, 0.5) is 26.3 Å². The van der Waals surface area contributed by atoms with E-state index in [1.165, 1.54) is 6.92 Å². The highest BCUT2D eigenvalue weighted by molar-refractivity contribution is 5.89. The maximum atomic E-state index is 13.3. The number of ether oxygens (including phenoxy) is 1. The lowest BCUT2D eigenvalue weighted by Crippen LogP contribution is -2.69. The number of alkyl halides is 6. The van der Waals surface area contributed by atoms with Crippen LogP contribution in [0.15, 0.2) is 0 Å². The van der Waals surface area contributed by atoms with E-state index in [-0.39, 0.29) is 32.4 Å². The number of esters is 1. The van der Waals surface area contributed by atoms with Gasteiger partial charge < -0.3 is 4.74 Å². The van der Waals surface area contributed by atoms with Gasteiger partial charge in [0, 0.05) is 6.54 Å². The molecule has 140 valence electrons. The molecule has 25 heavy (non-hydrogen) atoms. The Morgan fingerprint density at radius 1 is 1.20 bits per heavy atom. The molecule has 1 aromatic rings.